The van der Waals surface area contributed by atoms with Gasteiger partial charge in [-0.2, -0.15) is 10.1 Å². The molecule has 1 aliphatic carbocycles. The molecule has 0 spiro atoms. The Morgan fingerprint density at radius 3 is 3.09 bits per heavy atom. The number of nitrogens with two attached hydrogens (primary N) is 1. The molecular formula is C15H21N7. The van der Waals surface area contributed by atoms with Crippen LogP contribution in [0.3, 0.4) is 0 Å². The lowest BCUT2D eigenvalue weighted by Gasteiger charge is -2.18. The molecule has 0 radical (unpaired) electrons. The number of aromatic nitrogens is 4. The van der Waals surface area contributed by atoms with Gasteiger partial charge in [-0.05, 0) is 32.7 Å². The van der Waals surface area contributed by atoms with Crippen molar-refractivity contribution in [2.45, 2.75) is 31.7 Å². The molecule has 2 aromatic rings. The first kappa shape index (κ1) is 13.5. The maximum absolute atomic E-state index is 5.94. The molecule has 7 nitrogen and oxygen atoms in total. The Morgan fingerprint density at radius 2 is 2.27 bits per heavy atom. The third-order valence-electron chi connectivity index (χ3n) is 4.70. The van der Waals surface area contributed by atoms with Gasteiger partial charge >= 0.3 is 0 Å². The zero-order chi connectivity index (χ0) is 15.1. The Labute approximate surface area is 129 Å². The van der Waals surface area contributed by atoms with E-state index in [1.807, 2.05) is 13.1 Å². The molecule has 0 saturated carbocycles. The number of aryl methyl sites for hydroxylation is 1. The number of nitrogens with zero attached hydrogens (tertiary/aromatic N) is 4. The molecule has 0 amide bonds. The van der Waals surface area contributed by atoms with Gasteiger partial charge in [0, 0.05) is 36.5 Å². The third kappa shape index (κ3) is 2.21. The fourth-order valence-corrected chi connectivity index (χ4v) is 3.47. The van der Waals surface area contributed by atoms with Gasteiger partial charge in [0.1, 0.15) is 11.5 Å². The van der Waals surface area contributed by atoms with Gasteiger partial charge in [-0.3, -0.25) is 5.10 Å². The average Bonchev–Trinajstić information content (AvgIpc) is 3.22. The summed E-state index contributed by atoms with van der Waals surface area (Å²) in [6.07, 6.45) is 4.44. The van der Waals surface area contributed by atoms with Gasteiger partial charge in [-0.1, -0.05) is 0 Å². The molecule has 0 bridgehead atoms. The second-order valence-electron chi connectivity index (χ2n) is 6.07. The van der Waals surface area contributed by atoms with Gasteiger partial charge in [0.15, 0.2) is 0 Å². The smallest absolute Gasteiger partial charge is 0.222 e. The lowest BCUT2D eigenvalue weighted by atomic mass is 10.1. The Bertz CT molecular complexity index is 693. The number of likely N-dealkylation sites (N-methyl/N-ethyl adjacent to an activating group) is 1. The minimum atomic E-state index is 0.315. The molecule has 7 heteroatoms. The highest BCUT2D eigenvalue weighted by atomic mass is 15.2. The molecule has 4 rings (SSSR count). The summed E-state index contributed by atoms with van der Waals surface area (Å²) in [4.78, 5) is 11.1. The Hall–Kier alpha value is -2.15. The van der Waals surface area contributed by atoms with Gasteiger partial charge in [0.05, 0.1) is 5.69 Å². The molecule has 4 N–H and O–H groups in total. The zero-order valence-corrected chi connectivity index (χ0v) is 12.8. The number of fused-ring (bicyclic) bond motifs is 1. The second-order valence-corrected chi connectivity index (χ2v) is 6.07. The van der Waals surface area contributed by atoms with E-state index in [1.54, 1.807) is 0 Å². The van der Waals surface area contributed by atoms with Crippen molar-refractivity contribution in [1.82, 2.24) is 25.5 Å². The minimum absolute atomic E-state index is 0.315. The molecule has 1 saturated heterocycles. The number of nitrogen functional groups attached to an aromatic ring is 1. The van der Waals surface area contributed by atoms with Crippen LogP contribution < -0.4 is 16.0 Å². The van der Waals surface area contributed by atoms with E-state index in [4.69, 9.17) is 5.73 Å². The van der Waals surface area contributed by atoms with Crippen LogP contribution in [0.2, 0.25) is 0 Å². The molecule has 2 aliphatic rings. The highest BCUT2D eigenvalue weighted by molar-refractivity contribution is 5.65. The monoisotopic (exact) mass is 299 g/mol. The van der Waals surface area contributed by atoms with Crippen molar-refractivity contribution < 1.29 is 0 Å². The van der Waals surface area contributed by atoms with Gasteiger partial charge in [-0.25, -0.2) is 4.98 Å². The fourth-order valence-electron chi connectivity index (χ4n) is 3.47. The van der Waals surface area contributed by atoms with Crippen LogP contribution in [0.4, 0.5) is 11.8 Å². The van der Waals surface area contributed by atoms with E-state index in [2.05, 4.69) is 30.4 Å². The fraction of sp³-hybridized carbons (Fsp3) is 0.533. The summed E-state index contributed by atoms with van der Waals surface area (Å²) in [6, 6.07) is 2.53. The van der Waals surface area contributed by atoms with Crippen molar-refractivity contribution in [3.63, 3.8) is 0 Å². The summed E-state index contributed by atoms with van der Waals surface area (Å²) in [6.45, 7) is 1.94. The predicted octanol–water partition coefficient (Wildman–Crippen LogP) is 0.736. The van der Waals surface area contributed by atoms with Crippen LogP contribution >= 0.6 is 0 Å². The Morgan fingerprint density at radius 1 is 1.36 bits per heavy atom. The van der Waals surface area contributed by atoms with Crippen LogP contribution in [0.5, 0.6) is 0 Å². The molecule has 0 unspecified atom stereocenters. The lowest BCUT2D eigenvalue weighted by molar-refractivity contribution is 0.616. The second kappa shape index (κ2) is 5.24. The van der Waals surface area contributed by atoms with Gasteiger partial charge in [-0.15, -0.1) is 0 Å². The maximum Gasteiger partial charge on any atom is 0.222 e. The number of rotatable bonds is 3. The Kier molecular flexibility index (Phi) is 3.22. The van der Waals surface area contributed by atoms with E-state index < -0.39 is 0 Å². The van der Waals surface area contributed by atoms with Crippen LogP contribution in [0.1, 0.15) is 24.1 Å². The third-order valence-corrected chi connectivity index (χ3v) is 4.70. The van der Waals surface area contributed by atoms with Gasteiger partial charge in [0.25, 0.3) is 0 Å². The topological polar surface area (TPSA) is 95.8 Å². The standard InChI is InChI=1S/C15H21N7/c1-17-9-5-6-22(8-9)13-7-12(18-15(16)19-13)14-10-3-2-4-11(10)20-21-14/h7,9,17H,2-6,8H2,1H3,(H,20,21)(H2,16,18,19)/t9-/m1/s1. The van der Waals surface area contributed by atoms with Crippen molar-refractivity contribution in [2.75, 3.05) is 30.8 Å². The quantitative estimate of drug-likeness (QED) is 0.773. The summed E-state index contributed by atoms with van der Waals surface area (Å²) in [5, 5.41) is 10.9. The van der Waals surface area contributed by atoms with E-state index in [-0.39, 0.29) is 0 Å². The molecule has 1 aliphatic heterocycles. The first-order chi connectivity index (χ1) is 10.7. The number of hydrogen-bond acceptors (Lipinski definition) is 6. The molecule has 2 aromatic heterocycles. The first-order valence-corrected chi connectivity index (χ1v) is 7.88. The maximum atomic E-state index is 5.94. The van der Waals surface area contributed by atoms with Crippen LogP contribution in [0, 0.1) is 0 Å². The van der Waals surface area contributed by atoms with Crippen molar-refractivity contribution in [3.05, 3.63) is 17.3 Å². The zero-order valence-electron chi connectivity index (χ0n) is 12.8. The summed E-state index contributed by atoms with van der Waals surface area (Å²) in [5.41, 5.74) is 10.2. The summed E-state index contributed by atoms with van der Waals surface area (Å²) in [5.74, 6) is 1.21. The Balaban J connectivity index is 1.69. The van der Waals surface area contributed by atoms with Crippen molar-refractivity contribution in [1.29, 1.82) is 0 Å². The molecule has 22 heavy (non-hydrogen) atoms. The van der Waals surface area contributed by atoms with Gasteiger partial charge < -0.3 is 16.0 Å². The predicted molar refractivity (Wildman–Crippen MR) is 85.7 cm³/mol. The lowest BCUT2D eigenvalue weighted by Crippen LogP contribution is -2.30. The van der Waals surface area contributed by atoms with E-state index in [0.29, 0.717) is 12.0 Å². The molecular weight excluding hydrogens is 278 g/mol. The van der Waals surface area contributed by atoms with Crippen molar-refractivity contribution in [2.24, 2.45) is 0 Å². The SMILES string of the molecule is CN[C@@H]1CCN(c2cc(-c3n[nH]c4c3CCC4)nc(N)n2)C1. The van der Waals surface area contributed by atoms with E-state index in [1.165, 1.54) is 17.7 Å². The number of nitrogens with one attached hydrogen (secondary N) is 2. The van der Waals surface area contributed by atoms with Crippen molar-refractivity contribution >= 4 is 11.8 Å². The normalized spacial score (nSPS) is 20.6. The van der Waals surface area contributed by atoms with Crippen LogP contribution in [0.25, 0.3) is 11.4 Å². The number of hydrogen-bond donors (Lipinski definition) is 3. The van der Waals surface area contributed by atoms with E-state index >= 15 is 0 Å². The first-order valence-electron chi connectivity index (χ1n) is 7.88. The molecule has 3 heterocycles. The molecule has 1 fully saturated rings. The summed E-state index contributed by atoms with van der Waals surface area (Å²) in [7, 11) is 2.00. The highest BCUT2D eigenvalue weighted by Gasteiger charge is 2.25. The minimum Gasteiger partial charge on any atom is -0.368 e. The van der Waals surface area contributed by atoms with Crippen LogP contribution in [0.15, 0.2) is 6.07 Å². The van der Waals surface area contributed by atoms with Crippen LogP contribution in [-0.4, -0.2) is 46.3 Å². The molecule has 0 aromatic carbocycles. The van der Waals surface area contributed by atoms with Crippen molar-refractivity contribution in [3.8, 4) is 11.4 Å². The molecule has 116 valence electrons. The average molecular weight is 299 g/mol. The summed E-state index contributed by atoms with van der Waals surface area (Å²) < 4.78 is 0. The molecule has 1 atom stereocenters. The van der Waals surface area contributed by atoms with E-state index in [9.17, 15) is 0 Å². The summed E-state index contributed by atoms with van der Waals surface area (Å²) >= 11 is 0. The number of aromatic amines is 1. The largest absolute Gasteiger partial charge is 0.368 e. The number of anilines is 2. The van der Waals surface area contributed by atoms with Gasteiger partial charge in [0.2, 0.25) is 5.95 Å². The van der Waals surface area contributed by atoms with Crippen LogP contribution in [-0.2, 0) is 12.8 Å². The number of H-pyrrole nitrogens is 1. The highest BCUT2D eigenvalue weighted by Crippen LogP contribution is 2.31. The van der Waals surface area contributed by atoms with E-state index in [0.717, 1.165) is 49.6 Å².